The van der Waals surface area contributed by atoms with Gasteiger partial charge in [0, 0.05) is 44.3 Å². The van der Waals surface area contributed by atoms with Gasteiger partial charge in [-0.3, -0.25) is 4.90 Å². The van der Waals surface area contributed by atoms with Crippen LogP contribution in [-0.2, 0) is 6.18 Å². The Hall–Kier alpha value is -3.18. The highest BCUT2D eigenvalue weighted by atomic mass is 19.4. The van der Waals surface area contributed by atoms with Gasteiger partial charge < -0.3 is 20.9 Å². The van der Waals surface area contributed by atoms with Crippen LogP contribution in [-0.4, -0.2) is 52.7 Å². The Balaban J connectivity index is 1.49. The van der Waals surface area contributed by atoms with Crippen molar-refractivity contribution >= 4 is 11.6 Å². The zero-order chi connectivity index (χ0) is 22.0. The minimum Gasteiger partial charge on any atom is -0.383 e. The summed E-state index contributed by atoms with van der Waals surface area (Å²) < 4.78 is 43.5. The number of hydrogen-bond acceptors (Lipinski definition) is 8. The van der Waals surface area contributed by atoms with Crippen molar-refractivity contribution < 1.29 is 17.7 Å². The first-order chi connectivity index (χ1) is 14.9. The number of anilines is 2. The number of benzene rings is 1. The van der Waals surface area contributed by atoms with E-state index in [-0.39, 0.29) is 6.04 Å². The second kappa shape index (κ2) is 8.52. The second-order valence-corrected chi connectivity index (χ2v) is 7.26. The van der Waals surface area contributed by atoms with Crippen molar-refractivity contribution in [3.8, 4) is 11.1 Å². The zero-order valence-corrected chi connectivity index (χ0v) is 16.6. The fourth-order valence-electron chi connectivity index (χ4n) is 3.87. The lowest BCUT2D eigenvalue weighted by atomic mass is 10.0. The van der Waals surface area contributed by atoms with Crippen LogP contribution in [0, 0.1) is 0 Å². The molecule has 164 valence electrons. The number of nitrogens with zero attached hydrogens (tertiary/aromatic N) is 5. The number of piperazine rings is 1. The third kappa shape index (κ3) is 4.32. The summed E-state index contributed by atoms with van der Waals surface area (Å²) in [5, 5.41) is 3.73. The lowest BCUT2D eigenvalue weighted by Gasteiger charge is -2.40. The molecular weight excluding hydrogens is 411 g/mol. The van der Waals surface area contributed by atoms with Crippen LogP contribution in [0.15, 0.2) is 47.6 Å². The Labute approximate surface area is 176 Å². The molecule has 31 heavy (non-hydrogen) atoms. The Morgan fingerprint density at radius 1 is 1.06 bits per heavy atom. The average Bonchev–Trinajstić information content (AvgIpc) is 3.29. The van der Waals surface area contributed by atoms with Crippen LogP contribution in [0.5, 0.6) is 0 Å². The first-order valence-electron chi connectivity index (χ1n) is 9.75. The molecule has 3 heterocycles. The van der Waals surface area contributed by atoms with E-state index in [1.807, 2.05) is 0 Å². The summed E-state index contributed by atoms with van der Waals surface area (Å²) in [4.78, 5) is 12.8. The topological polar surface area (TPSA) is 110 Å². The molecule has 11 heteroatoms. The van der Waals surface area contributed by atoms with E-state index in [0.29, 0.717) is 55.5 Å². The smallest absolute Gasteiger partial charge is 0.383 e. The number of alkyl halides is 3. The average molecular weight is 433 g/mol. The van der Waals surface area contributed by atoms with Crippen LogP contribution < -0.4 is 16.4 Å². The van der Waals surface area contributed by atoms with Gasteiger partial charge in [0.25, 0.3) is 0 Å². The largest absolute Gasteiger partial charge is 0.416 e. The predicted molar refractivity (Wildman–Crippen MR) is 109 cm³/mol. The van der Waals surface area contributed by atoms with Gasteiger partial charge in [0.05, 0.1) is 17.3 Å². The molecule has 0 aliphatic carbocycles. The first kappa shape index (κ1) is 21.1. The first-order valence-corrected chi connectivity index (χ1v) is 9.75. The van der Waals surface area contributed by atoms with Crippen LogP contribution in [0.3, 0.4) is 0 Å². The minimum atomic E-state index is -4.36. The van der Waals surface area contributed by atoms with Gasteiger partial charge in [0.1, 0.15) is 24.2 Å². The lowest BCUT2D eigenvalue weighted by Crippen LogP contribution is -2.49. The quantitative estimate of drug-likeness (QED) is 0.632. The molecule has 0 saturated carbocycles. The molecule has 0 radical (unpaired) electrons. The van der Waals surface area contributed by atoms with E-state index in [1.165, 1.54) is 24.7 Å². The maximum atomic E-state index is 12.9. The van der Waals surface area contributed by atoms with Gasteiger partial charge in [0.2, 0.25) is 0 Å². The van der Waals surface area contributed by atoms with E-state index in [0.717, 1.165) is 17.7 Å². The van der Waals surface area contributed by atoms with Crippen molar-refractivity contribution in [1.29, 1.82) is 0 Å². The van der Waals surface area contributed by atoms with E-state index in [9.17, 15) is 13.2 Å². The zero-order valence-electron chi connectivity index (χ0n) is 16.6. The third-order valence-corrected chi connectivity index (χ3v) is 5.48. The summed E-state index contributed by atoms with van der Waals surface area (Å²) in [5.41, 5.74) is 13.5. The van der Waals surface area contributed by atoms with E-state index in [1.54, 1.807) is 6.20 Å². The molecule has 2 aromatic heterocycles. The summed E-state index contributed by atoms with van der Waals surface area (Å²) in [6.07, 6.45) is 0.108. The highest BCUT2D eigenvalue weighted by Crippen LogP contribution is 2.34. The van der Waals surface area contributed by atoms with Gasteiger partial charge >= 0.3 is 6.18 Å². The molecule has 0 spiro atoms. The molecule has 1 unspecified atom stereocenters. The lowest BCUT2D eigenvalue weighted by molar-refractivity contribution is -0.137. The summed E-state index contributed by atoms with van der Waals surface area (Å²) >= 11 is 0. The van der Waals surface area contributed by atoms with Crippen molar-refractivity contribution in [2.75, 3.05) is 43.4 Å². The predicted octanol–water partition coefficient (Wildman–Crippen LogP) is 2.55. The Morgan fingerprint density at radius 3 is 2.35 bits per heavy atom. The van der Waals surface area contributed by atoms with Crippen molar-refractivity contribution in [2.45, 2.75) is 12.2 Å². The Bertz CT molecular complexity index is 1000. The Morgan fingerprint density at radius 2 is 1.77 bits per heavy atom. The minimum absolute atomic E-state index is 0.169. The number of nitrogens with two attached hydrogens (primary N) is 2. The summed E-state index contributed by atoms with van der Waals surface area (Å²) in [7, 11) is 0. The molecule has 1 fully saturated rings. The van der Waals surface area contributed by atoms with E-state index in [2.05, 4.69) is 24.9 Å². The number of halogens is 3. The highest BCUT2D eigenvalue weighted by Gasteiger charge is 2.31. The van der Waals surface area contributed by atoms with Gasteiger partial charge in [-0.2, -0.15) is 13.2 Å². The van der Waals surface area contributed by atoms with Crippen molar-refractivity contribution in [2.24, 2.45) is 5.73 Å². The normalized spacial score (nSPS) is 16.5. The monoisotopic (exact) mass is 433 g/mol. The number of aromatic nitrogens is 3. The van der Waals surface area contributed by atoms with Crippen LogP contribution in [0.1, 0.15) is 17.2 Å². The molecule has 0 amide bonds. The van der Waals surface area contributed by atoms with Crippen molar-refractivity contribution in [3.05, 3.63) is 54.2 Å². The molecule has 1 saturated heterocycles. The van der Waals surface area contributed by atoms with Gasteiger partial charge in [-0.1, -0.05) is 17.3 Å². The second-order valence-electron chi connectivity index (χ2n) is 7.26. The highest BCUT2D eigenvalue weighted by molar-refractivity contribution is 5.83. The van der Waals surface area contributed by atoms with Crippen molar-refractivity contribution in [3.63, 3.8) is 0 Å². The van der Waals surface area contributed by atoms with E-state index in [4.69, 9.17) is 16.0 Å². The SMILES string of the molecule is NCC(c1ccc(C(F)(F)F)cc1)N1CCN(c2ncnc(N)c2-c2cnoc2)CC1. The maximum absolute atomic E-state index is 12.9. The molecule has 1 aliphatic heterocycles. The summed E-state index contributed by atoms with van der Waals surface area (Å²) in [6, 6.07) is 5.04. The third-order valence-electron chi connectivity index (χ3n) is 5.48. The number of rotatable bonds is 5. The van der Waals surface area contributed by atoms with Crippen LogP contribution in [0.2, 0.25) is 0 Å². The molecule has 4 rings (SSSR count). The maximum Gasteiger partial charge on any atom is 0.416 e. The van der Waals surface area contributed by atoms with Gasteiger partial charge in [-0.15, -0.1) is 0 Å². The fourth-order valence-corrected chi connectivity index (χ4v) is 3.87. The van der Waals surface area contributed by atoms with Gasteiger partial charge in [0.15, 0.2) is 0 Å². The Kier molecular flexibility index (Phi) is 5.79. The molecule has 1 aromatic carbocycles. The molecule has 1 atom stereocenters. The molecule has 1 aliphatic rings. The van der Waals surface area contributed by atoms with E-state index >= 15 is 0 Å². The standard InChI is InChI=1S/C20H22F3N7O/c21-20(22,23)15-3-1-13(2-4-15)16(9-24)29-5-7-30(8-6-29)19-17(14-10-28-31-11-14)18(25)26-12-27-19/h1-4,10-12,16H,5-9,24H2,(H2,25,26,27). The fraction of sp³-hybridized carbons (Fsp3) is 0.350. The summed E-state index contributed by atoms with van der Waals surface area (Å²) in [6.45, 7) is 2.92. The number of nitrogen functional groups attached to an aromatic ring is 1. The molecule has 3 aromatic rings. The summed E-state index contributed by atoms with van der Waals surface area (Å²) in [5.74, 6) is 1.02. The van der Waals surface area contributed by atoms with Crippen LogP contribution in [0.4, 0.5) is 24.8 Å². The van der Waals surface area contributed by atoms with Gasteiger partial charge in [-0.05, 0) is 17.7 Å². The van der Waals surface area contributed by atoms with E-state index < -0.39 is 11.7 Å². The van der Waals surface area contributed by atoms with Gasteiger partial charge in [-0.25, -0.2) is 9.97 Å². The molecule has 4 N–H and O–H groups in total. The van der Waals surface area contributed by atoms with Crippen LogP contribution >= 0.6 is 0 Å². The van der Waals surface area contributed by atoms with Crippen LogP contribution in [0.25, 0.3) is 11.1 Å². The molecule has 0 bridgehead atoms. The van der Waals surface area contributed by atoms with Crippen molar-refractivity contribution in [1.82, 2.24) is 20.0 Å². The number of hydrogen-bond donors (Lipinski definition) is 2. The molecule has 8 nitrogen and oxygen atoms in total. The molecular formula is C20H22F3N7O.